The number of amides is 1. The highest BCUT2D eigenvalue weighted by molar-refractivity contribution is 14.0. The number of rotatable bonds is 10. The summed E-state index contributed by atoms with van der Waals surface area (Å²) in [6.07, 6.45) is 5.56. The largest absolute Gasteiger partial charge is 0.484 e. The van der Waals surface area contributed by atoms with Crippen molar-refractivity contribution in [2.75, 3.05) is 26.7 Å². The van der Waals surface area contributed by atoms with Gasteiger partial charge in [-0.2, -0.15) is 5.10 Å². The van der Waals surface area contributed by atoms with Gasteiger partial charge >= 0.3 is 0 Å². The molecule has 2 aromatic rings. The van der Waals surface area contributed by atoms with Gasteiger partial charge in [-0.3, -0.25) is 14.5 Å². The number of hydrogen-bond acceptors (Lipinski definition) is 4. The molecule has 1 heterocycles. The van der Waals surface area contributed by atoms with Crippen LogP contribution in [0.1, 0.15) is 12.0 Å². The Morgan fingerprint density at radius 1 is 1.26 bits per heavy atom. The molecule has 0 aliphatic carbocycles. The predicted octanol–water partition coefficient (Wildman–Crippen LogP) is 1.16. The maximum atomic E-state index is 10.7. The van der Waals surface area contributed by atoms with Gasteiger partial charge in [-0.15, -0.1) is 24.0 Å². The second kappa shape index (κ2) is 13.0. The molecule has 0 atom stereocenters. The van der Waals surface area contributed by atoms with Crippen LogP contribution in [0.4, 0.5) is 0 Å². The number of hydrogen-bond donors (Lipinski definition) is 3. The number of nitrogens with two attached hydrogens (primary N) is 1. The Morgan fingerprint density at radius 2 is 2.00 bits per heavy atom. The number of aliphatic imine (C=N–C) groups is 1. The lowest BCUT2D eigenvalue weighted by atomic mass is 10.1. The van der Waals surface area contributed by atoms with E-state index in [4.69, 9.17) is 10.5 Å². The van der Waals surface area contributed by atoms with E-state index in [1.807, 2.05) is 41.2 Å². The molecule has 0 fully saturated rings. The standard InChI is InChI=1S/C18H26N6O2.HI/c1-20-18(21-9-2-12-24-13-3-10-23-24)22-11-8-15-4-6-16(7-5-15)26-14-17(19)25;/h3-7,10,13H,2,8-9,11-12,14H2,1H3,(H2,19,25)(H2,20,21,22);1H. The molecule has 0 saturated carbocycles. The van der Waals surface area contributed by atoms with Crippen molar-refractivity contribution < 1.29 is 9.53 Å². The molecule has 0 aliphatic heterocycles. The van der Waals surface area contributed by atoms with Crippen molar-refractivity contribution in [3.8, 4) is 5.75 Å². The number of nitrogens with zero attached hydrogens (tertiary/aromatic N) is 3. The average Bonchev–Trinajstić information content (AvgIpc) is 3.16. The van der Waals surface area contributed by atoms with E-state index in [0.29, 0.717) is 5.75 Å². The van der Waals surface area contributed by atoms with E-state index in [0.717, 1.165) is 44.0 Å². The molecule has 0 bridgehead atoms. The first-order valence-corrected chi connectivity index (χ1v) is 8.59. The van der Waals surface area contributed by atoms with Crippen molar-refractivity contribution in [1.82, 2.24) is 20.4 Å². The Balaban J connectivity index is 0.00000364. The van der Waals surface area contributed by atoms with Crippen LogP contribution < -0.4 is 21.1 Å². The first kappa shape index (κ1) is 22.7. The van der Waals surface area contributed by atoms with Gasteiger partial charge in [0.15, 0.2) is 12.6 Å². The Hall–Kier alpha value is -2.30. The van der Waals surface area contributed by atoms with Crippen molar-refractivity contribution in [2.24, 2.45) is 10.7 Å². The van der Waals surface area contributed by atoms with Crippen LogP contribution in [0.2, 0.25) is 0 Å². The molecule has 1 amide bonds. The van der Waals surface area contributed by atoms with Crippen LogP contribution in [0.15, 0.2) is 47.7 Å². The molecule has 4 N–H and O–H groups in total. The van der Waals surface area contributed by atoms with Gasteiger partial charge in [-0.25, -0.2) is 0 Å². The van der Waals surface area contributed by atoms with E-state index in [-0.39, 0.29) is 30.6 Å². The fourth-order valence-electron chi connectivity index (χ4n) is 2.33. The smallest absolute Gasteiger partial charge is 0.255 e. The van der Waals surface area contributed by atoms with Gasteiger partial charge < -0.3 is 21.1 Å². The van der Waals surface area contributed by atoms with Crippen LogP contribution in [0.3, 0.4) is 0 Å². The molecule has 1 aromatic carbocycles. The van der Waals surface area contributed by atoms with E-state index in [9.17, 15) is 4.79 Å². The van der Waals surface area contributed by atoms with Crippen molar-refractivity contribution in [3.05, 3.63) is 48.3 Å². The summed E-state index contributed by atoms with van der Waals surface area (Å²) >= 11 is 0. The summed E-state index contributed by atoms with van der Waals surface area (Å²) in [5.74, 6) is 0.934. The number of halogens is 1. The molecular formula is C18H27IN6O2. The van der Waals surface area contributed by atoms with Crippen LogP contribution in [0, 0.1) is 0 Å². The molecule has 148 valence electrons. The van der Waals surface area contributed by atoms with Crippen molar-refractivity contribution in [2.45, 2.75) is 19.4 Å². The topological polar surface area (TPSA) is 107 Å². The molecule has 0 saturated heterocycles. The molecule has 8 nitrogen and oxygen atoms in total. The Morgan fingerprint density at radius 3 is 2.63 bits per heavy atom. The van der Waals surface area contributed by atoms with Gasteiger partial charge in [0.2, 0.25) is 0 Å². The van der Waals surface area contributed by atoms with Crippen LogP contribution in [-0.2, 0) is 17.8 Å². The van der Waals surface area contributed by atoms with Gasteiger partial charge in [0.25, 0.3) is 5.91 Å². The third kappa shape index (κ3) is 9.27. The van der Waals surface area contributed by atoms with Gasteiger partial charge in [-0.1, -0.05) is 12.1 Å². The molecule has 27 heavy (non-hydrogen) atoms. The lowest BCUT2D eigenvalue weighted by Crippen LogP contribution is -2.39. The Kier molecular flexibility index (Phi) is 10.9. The average molecular weight is 486 g/mol. The first-order chi connectivity index (χ1) is 12.7. The van der Waals surface area contributed by atoms with Crippen LogP contribution in [0.5, 0.6) is 5.75 Å². The molecule has 9 heteroatoms. The zero-order valence-corrected chi connectivity index (χ0v) is 17.8. The number of aryl methyl sites for hydroxylation is 1. The van der Waals surface area contributed by atoms with Gasteiger partial charge in [0.05, 0.1) is 0 Å². The third-order valence-electron chi connectivity index (χ3n) is 3.65. The van der Waals surface area contributed by atoms with Crippen LogP contribution >= 0.6 is 24.0 Å². The number of carbonyl (C=O) groups is 1. The highest BCUT2D eigenvalue weighted by Crippen LogP contribution is 2.12. The summed E-state index contributed by atoms with van der Waals surface area (Å²) in [4.78, 5) is 14.9. The summed E-state index contributed by atoms with van der Waals surface area (Å²) in [7, 11) is 1.76. The maximum Gasteiger partial charge on any atom is 0.255 e. The highest BCUT2D eigenvalue weighted by Gasteiger charge is 2.00. The summed E-state index contributed by atoms with van der Waals surface area (Å²) < 4.78 is 7.15. The van der Waals surface area contributed by atoms with Gasteiger partial charge in [0, 0.05) is 39.1 Å². The predicted molar refractivity (Wildman–Crippen MR) is 116 cm³/mol. The number of carbonyl (C=O) groups excluding carboxylic acids is 1. The fraction of sp³-hybridized carbons (Fsp3) is 0.389. The van der Waals surface area contributed by atoms with E-state index < -0.39 is 5.91 Å². The van der Waals surface area contributed by atoms with Crippen LogP contribution in [0.25, 0.3) is 0 Å². The molecular weight excluding hydrogens is 459 g/mol. The van der Waals surface area contributed by atoms with Gasteiger partial charge in [0.1, 0.15) is 5.75 Å². The number of nitrogens with one attached hydrogen (secondary N) is 2. The number of primary amides is 1. The minimum Gasteiger partial charge on any atom is -0.484 e. The molecule has 0 unspecified atom stereocenters. The second-order valence-corrected chi connectivity index (χ2v) is 5.70. The molecule has 0 spiro atoms. The third-order valence-corrected chi connectivity index (χ3v) is 3.65. The van der Waals surface area contributed by atoms with Crippen molar-refractivity contribution in [1.29, 1.82) is 0 Å². The van der Waals surface area contributed by atoms with E-state index >= 15 is 0 Å². The number of ether oxygens (including phenoxy) is 1. The zero-order chi connectivity index (χ0) is 18.6. The lowest BCUT2D eigenvalue weighted by molar-refractivity contribution is -0.119. The quantitative estimate of drug-likeness (QED) is 0.202. The lowest BCUT2D eigenvalue weighted by Gasteiger charge is -2.12. The normalized spacial score (nSPS) is 10.8. The SMILES string of the molecule is CN=C(NCCCn1cccn1)NCCc1ccc(OCC(N)=O)cc1.I. The highest BCUT2D eigenvalue weighted by atomic mass is 127. The summed E-state index contributed by atoms with van der Waals surface area (Å²) in [6, 6.07) is 9.53. The molecule has 0 aliphatic rings. The summed E-state index contributed by atoms with van der Waals surface area (Å²) in [5, 5.41) is 10.8. The van der Waals surface area contributed by atoms with E-state index in [2.05, 4.69) is 20.7 Å². The first-order valence-electron chi connectivity index (χ1n) is 8.59. The summed E-state index contributed by atoms with van der Waals surface area (Å²) in [6.45, 7) is 2.36. The number of aromatic nitrogens is 2. The number of benzene rings is 1. The van der Waals surface area contributed by atoms with E-state index in [1.54, 1.807) is 13.2 Å². The van der Waals surface area contributed by atoms with Gasteiger partial charge in [-0.05, 0) is 36.6 Å². The molecule has 2 rings (SSSR count). The fourth-order valence-corrected chi connectivity index (χ4v) is 2.33. The Bertz CT molecular complexity index is 688. The second-order valence-electron chi connectivity index (χ2n) is 5.70. The minimum atomic E-state index is -0.484. The van der Waals surface area contributed by atoms with Crippen molar-refractivity contribution in [3.63, 3.8) is 0 Å². The monoisotopic (exact) mass is 486 g/mol. The van der Waals surface area contributed by atoms with Crippen LogP contribution in [-0.4, -0.2) is 48.4 Å². The maximum absolute atomic E-state index is 10.7. The number of guanidine groups is 1. The zero-order valence-electron chi connectivity index (χ0n) is 15.4. The van der Waals surface area contributed by atoms with Crippen molar-refractivity contribution >= 4 is 35.8 Å². The Labute approximate surface area is 176 Å². The molecule has 0 radical (unpaired) electrons. The minimum absolute atomic E-state index is 0. The summed E-state index contributed by atoms with van der Waals surface area (Å²) in [5.41, 5.74) is 6.22. The molecule has 1 aromatic heterocycles. The van der Waals surface area contributed by atoms with E-state index in [1.165, 1.54) is 0 Å².